The Hall–Kier alpha value is -2.14. The van der Waals surface area contributed by atoms with Gasteiger partial charge < -0.3 is 0 Å². The van der Waals surface area contributed by atoms with Crippen LogP contribution in [0, 0.1) is 46.3 Å². The average Bonchev–Trinajstić information content (AvgIpc) is 2.99. The van der Waals surface area contributed by atoms with Crippen molar-refractivity contribution < 1.29 is 35.5 Å². The molecule has 0 aromatic heterocycles. The third-order valence-electron chi connectivity index (χ3n) is 10.4. The molecule has 8 unspecified atom stereocenters. The van der Waals surface area contributed by atoms with E-state index >= 15 is 0 Å². The number of fused-ring (bicyclic) bond motifs is 4. The van der Waals surface area contributed by atoms with Crippen molar-refractivity contribution in [1.29, 1.82) is 0 Å². The summed E-state index contributed by atoms with van der Waals surface area (Å²) in [4.78, 5) is 27.2. The molecule has 8 atom stereocenters. The van der Waals surface area contributed by atoms with E-state index in [1.54, 1.807) is 0 Å². The molecule has 0 aliphatic heterocycles. The molecule has 40 heavy (non-hydrogen) atoms. The van der Waals surface area contributed by atoms with Gasteiger partial charge in [0.1, 0.15) is 0 Å². The standard InChI is InChI=1S/C30H38O8S2/c1-17-9-23-19(3)29(13-17,15-39(33,34)35)27(31)25(23)11-21-5-7-22(8-6-21)12-26-24-10-18(2)14-30(20(24)4,28(26)32)16-40(36,37)38/h5-8,11-12,17-20,23-24H,9-10,13-16H2,1-4H3,(H,33,34,35)(H,36,37,38)/b25-11-,26-12-. The molecule has 5 rings (SSSR count). The minimum absolute atomic E-state index is 0.0855. The zero-order chi connectivity index (χ0) is 29.4. The van der Waals surface area contributed by atoms with Gasteiger partial charge in [0.05, 0.1) is 22.3 Å². The molecule has 218 valence electrons. The van der Waals surface area contributed by atoms with Crippen molar-refractivity contribution in [2.75, 3.05) is 11.5 Å². The Balaban J connectivity index is 1.45. The number of carbonyl (C=O) groups excluding carboxylic acids is 2. The summed E-state index contributed by atoms with van der Waals surface area (Å²) in [5.41, 5.74) is 0.530. The summed E-state index contributed by atoms with van der Waals surface area (Å²) in [6.45, 7) is 7.83. The fraction of sp³-hybridized carbons (Fsp3) is 0.600. The second-order valence-electron chi connectivity index (χ2n) is 13.2. The molecule has 4 saturated carbocycles. The molecule has 8 nitrogen and oxygen atoms in total. The second kappa shape index (κ2) is 9.71. The highest BCUT2D eigenvalue weighted by molar-refractivity contribution is 7.86. The van der Waals surface area contributed by atoms with Crippen LogP contribution in [0.5, 0.6) is 0 Å². The van der Waals surface area contributed by atoms with Gasteiger partial charge in [0.25, 0.3) is 20.2 Å². The van der Waals surface area contributed by atoms with Crippen LogP contribution in [0.25, 0.3) is 12.2 Å². The van der Waals surface area contributed by atoms with Gasteiger partial charge in [-0.25, -0.2) is 0 Å². The normalized spacial score (nSPS) is 39.9. The van der Waals surface area contributed by atoms with Crippen LogP contribution >= 0.6 is 0 Å². The molecule has 0 heterocycles. The monoisotopic (exact) mass is 590 g/mol. The maximum atomic E-state index is 13.6. The predicted octanol–water partition coefficient (Wildman–Crippen LogP) is 4.73. The van der Waals surface area contributed by atoms with E-state index in [4.69, 9.17) is 0 Å². The summed E-state index contributed by atoms with van der Waals surface area (Å²) in [5.74, 6) is -1.76. The van der Waals surface area contributed by atoms with Gasteiger partial charge in [-0.2, -0.15) is 16.8 Å². The van der Waals surface area contributed by atoms with Crippen LogP contribution in [0.3, 0.4) is 0 Å². The minimum Gasteiger partial charge on any atom is -0.294 e. The largest absolute Gasteiger partial charge is 0.294 e. The van der Waals surface area contributed by atoms with E-state index in [2.05, 4.69) is 0 Å². The SMILES string of the molecule is CC1CC2/C(=C/c3ccc(/C=C4\C(=O)C5(CS(=O)(=O)O)CC(C)CC4C5C)cc3)C(=O)C(CS(=O)(=O)O)(C1)C2C. The maximum Gasteiger partial charge on any atom is 0.265 e. The van der Waals surface area contributed by atoms with Crippen LogP contribution in [-0.2, 0) is 29.8 Å². The van der Waals surface area contributed by atoms with Crippen LogP contribution in [0.15, 0.2) is 35.4 Å². The molecule has 4 fully saturated rings. The summed E-state index contributed by atoms with van der Waals surface area (Å²) in [5, 5.41) is 0. The van der Waals surface area contributed by atoms with Gasteiger partial charge in [0.2, 0.25) is 0 Å². The molecule has 10 heteroatoms. The second-order valence-corrected chi connectivity index (χ2v) is 16.1. The molecular formula is C30H38O8S2. The minimum atomic E-state index is -4.33. The van der Waals surface area contributed by atoms with Crippen molar-refractivity contribution >= 4 is 44.0 Å². The first-order chi connectivity index (χ1) is 18.5. The average molecular weight is 591 g/mol. The first-order valence-corrected chi connectivity index (χ1v) is 17.2. The summed E-state index contributed by atoms with van der Waals surface area (Å²) in [6.07, 6.45) is 6.06. The van der Waals surface area contributed by atoms with Crippen LogP contribution in [-0.4, -0.2) is 49.0 Å². The van der Waals surface area contributed by atoms with Crippen LogP contribution in [0.1, 0.15) is 64.5 Å². The third-order valence-corrected chi connectivity index (χ3v) is 12.1. The van der Waals surface area contributed by atoms with E-state index in [1.807, 2.05) is 64.1 Å². The maximum absolute atomic E-state index is 13.6. The lowest BCUT2D eigenvalue weighted by Gasteiger charge is -2.39. The quantitative estimate of drug-likeness (QED) is 0.358. The van der Waals surface area contributed by atoms with E-state index in [9.17, 15) is 35.5 Å². The Labute approximate surface area is 236 Å². The first kappa shape index (κ1) is 29.4. The van der Waals surface area contributed by atoms with E-state index in [-0.39, 0.29) is 47.1 Å². The Morgan fingerprint density at radius 3 is 1.32 bits per heavy atom. The Morgan fingerprint density at radius 1 is 0.700 bits per heavy atom. The van der Waals surface area contributed by atoms with E-state index in [1.165, 1.54) is 0 Å². The van der Waals surface area contributed by atoms with Crippen LogP contribution < -0.4 is 0 Å². The molecular weight excluding hydrogens is 552 g/mol. The van der Waals surface area contributed by atoms with Crippen LogP contribution in [0.4, 0.5) is 0 Å². The van der Waals surface area contributed by atoms with Gasteiger partial charge in [-0.1, -0.05) is 52.0 Å². The predicted molar refractivity (Wildman–Crippen MR) is 152 cm³/mol. The lowest BCUT2D eigenvalue weighted by atomic mass is 9.65. The number of allylic oxidation sites excluding steroid dienone is 2. The molecule has 0 saturated heterocycles. The van der Waals surface area contributed by atoms with Crippen molar-refractivity contribution in [3.63, 3.8) is 0 Å². The van der Waals surface area contributed by atoms with Gasteiger partial charge in [0.15, 0.2) is 11.6 Å². The summed E-state index contributed by atoms with van der Waals surface area (Å²) in [6, 6.07) is 7.41. The fourth-order valence-corrected chi connectivity index (χ4v) is 11.0. The van der Waals surface area contributed by atoms with E-state index in [0.29, 0.717) is 24.0 Å². The summed E-state index contributed by atoms with van der Waals surface area (Å²) < 4.78 is 66.7. The van der Waals surface area contributed by atoms with Crippen molar-refractivity contribution in [2.45, 2.75) is 53.4 Å². The highest BCUT2D eigenvalue weighted by Gasteiger charge is 2.61. The number of hydrogen-bond donors (Lipinski definition) is 2. The molecule has 0 radical (unpaired) electrons. The van der Waals surface area contributed by atoms with E-state index in [0.717, 1.165) is 24.0 Å². The lowest BCUT2D eigenvalue weighted by molar-refractivity contribution is -0.125. The smallest absolute Gasteiger partial charge is 0.265 e. The molecule has 1 aromatic carbocycles. The molecule has 0 amide bonds. The number of hydrogen-bond acceptors (Lipinski definition) is 6. The number of ketones is 2. The van der Waals surface area contributed by atoms with Gasteiger partial charge in [0, 0.05) is 0 Å². The fourth-order valence-electron chi connectivity index (χ4n) is 8.69. The Kier molecular flexibility index (Phi) is 7.13. The number of Topliss-reactive ketones (excluding diaryl/α,β-unsaturated/α-hetero) is 2. The first-order valence-electron chi connectivity index (χ1n) is 14.0. The molecule has 2 N–H and O–H groups in total. The topological polar surface area (TPSA) is 143 Å². The molecule has 4 aliphatic carbocycles. The summed E-state index contributed by atoms with van der Waals surface area (Å²) in [7, 11) is -8.67. The van der Waals surface area contributed by atoms with Crippen molar-refractivity contribution in [3.05, 3.63) is 46.5 Å². The molecule has 4 aliphatic rings. The summed E-state index contributed by atoms with van der Waals surface area (Å²) >= 11 is 0. The highest BCUT2D eigenvalue weighted by atomic mass is 32.2. The molecule has 1 aromatic rings. The van der Waals surface area contributed by atoms with Gasteiger partial charge in [-0.05, 0) is 95.6 Å². The van der Waals surface area contributed by atoms with Gasteiger partial charge in [-0.15, -0.1) is 0 Å². The third kappa shape index (κ3) is 4.95. The zero-order valence-electron chi connectivity index (χ0n) is 23.3. The van der Waals surface area contributed by atoms with Gasteiger partial charge >= 0.3 is 0 Å². The van der Waals surface area contributed by atoms with Gasteiger partial charge in [-0.3, -0.25) is 18.7 Å². The number of rotatable bonds is 6. The van der Waals surface area contributed by atoms with Crippen molar-refractivity contribution in [3.8, 4) is 0 Å². The zero-order valence-corrected chi connectivity index (χ0v) is 25.0. The van der Waals surface area contributed by atoms with E-state index < -0.39 is 42.6 Å². The molecule has 0 spiro atoms. The number of carbonyl (C=O) groups is 2. The molecule has 4 bridgehead atoms. The van der Waals surface area contributed by atoms with Crippen molar-refractivity contribution in [2.24, 2.45) is 46.3 Å². The highest BCUT2D eigenvalue weighted by Crippen LogP contribution is 2.59. The van der Waals surface area contributed by atoms with Crippen molar-refractivity contribution in [1.82, 2.24) is 0 Å². The Bertz CT molecular complexity index is 1410. The van der Waals surface area contributed by atoms with Crippen LogP contribution in [0.2, 0.25) is 0 Å². The Morgan fingerprint density at radius 2 is 1.02 bits per heavy atom. The number of benzene rings is 1. The lowest BCUT2D eigenvalue weighted by Crippen LogP contribution is -2.43.